The Morgan fingerprint density at radius 1 is 0.676 bits per heavy atom. The first-order valence-electron chi connectivity index (χ1n) is 14.4. The lowest BCUT2D eigenvalue weighted by atomic mass is 9.94. The Bertz CT molecular complexity index is 740. The normalized spacial score (nSPS) is 20.0. The van der Waals surface area contributed by atoms with Crippen molar-refractivity contribution >= 4 is 0 Å². The Labute approximate surface area is 213 Å². The van der Waals surface area contributed by atoms with E-state index in [-0.39, 0.29) is 0 Å². The highest BCUT2D eigenvalue weighted by Gasteiger charge is 2.52. The van der Waals surface area contributed by atoms with Crippen molar-refractivity contribution in [3.05, 3.63) is 58.7 Å². The van der Waals surface area contributed by atoms with Crippen LogP contribution in [0, 0.1) is 23.2 Å². The van der Waals surface area contributed by atoms with Crippen LogP contribution in [0.3, 0.4) is 0 Å². The van der Waals surface area contributed by atoms with Crippen molar-refractivity contribution in [3.63, 3.8) is 0 Å². The largest absolute Gasteiger partial charge is 0.0996 e. The summed E-state index contributed by atoms with van der Waals surface area (Å²) >= 11 is 0. The van der Waals surface area contributed by atoms with Crippen molar-refractivity contribution in [2.24, 2.45) is 23.2 Å². The molecular formula is C34H56. The van der Waals surface area contributed by atoms with E-state index in [0.29, 0.717) is 0 Å². The average molecular weight is 465 g/mol. The Kier molecular flexibility index (Phi) is 12.2. The molecule has 0 heterocycles. The molecular weight excluding hydrogens is 408 g/mol. The van der Waals surface area contributed by atoms with Crippen molar-refractivity contribution < 1.29 is 0 Å². The number of rotatable bonds is 11. The molecule has 0 atom stereocenters. The van der Waals surface area contributed by atoms with Crippen molar-refractivity contribution in [1.82, 2.24) is 0 Å². The fourth-order valence-corrected chi connectivity index (χ4v) is 4.79. The zero-order valence-electron chi connectivity index (χ0n) is 23.9. The van der Waals surface area contributed by atoms with E-state index in [4.69, 9.17) is 0 Å². The molecule has 0 saturated heterocycles. The molecule has 0 aromatic carbocycles. The molecule has 0 amide bonds. The van der Waals surface area contributed by atoms with Gasteiger partial charge in [-0.15, -0.1) is 0 Å². The lowest BCUT2D eigenvalue weighted by Gasteiger charge is -2.11. The number of hydrogen-bond acceptors (Lipinski definition) is 0. The average Bonchev–Trinajstić information content (AvgIpc) is 3.60. The van der Waals surface area contributed by atoms with Gasteiger partial charge in [0.1, 0.15) is 0 Å². The van der Waals surface area contributed by atoms with Crippen LogP contribution < -0.4 is 0 Å². The van der Waals surface area contributed by atoms with E-state index in [9.17, 15) is 0 Å². The fraction of sp³-hybridized carbons (Fsp3) is 0.706. The smallest absolute Gasteiger partial charge is 0.0164 e. The second-order valence-electron chi connectivity index (χ2n) is 12.4. The van der Waals surface area contributed by atoms with Crippen LogP contribution in [0.5, 0.6) is 0 Å². The van der Waals surface area contributed by atoms with E-state index in [0.717, 1.165) is 29.6 Å². The van der Waals surface area contributed by atoms with E-state index in [1.54, 1.807) is 5.57 Å². The monoisotopic (exact) mass is 464 g/mol. The van der Waals surface area contributed by atoms with Crippen molar-refractivity contribution in [3.8, 4) is 0 Å². The van der Waals surface area contributed by atoms with Gasteiger partial charge in [-0.05, 0) is 155 Å². The second-order valence-corrected chi connectivity index (χ2v) is 12.4. The van der Waals surface area contributed by atoms with Gasteiger partial charge in [0.2, 0.25) is 0 Å². The standard InChI is InChI=1S/C12H20.2C11H18/c1-10(2)4-3-7-12(8-9-12)11-5-6-11;2*1-9(2)5-4-6-10(3)11-7-8-11/h4,11H,3,5-9H2,1-2H3;5-6,11H,4,7-8H2,1-3H3;5,11H,3-4,6-8H2,1-2H3/b;10-6+;. The molecule has 34 heavy (non-hydrogen) atoms. The molecule has 192 valence electrons. The van der Waals surface area contributed by atoms with Crippen LogP contribution in [0.2, 0.25) is 0 Å². The summed E-state index contributed by atoms with van der Waals surface area (Å²) in [6.07, 6.45) is 27.5. The van der Waals surface area contributed by atoms with Gasteiger partial charge in [0.15, 0.2) is 0 Å². The van der Waals surface area contributed by atoms with Gasteiger partial charge in [-0.1, -0.05) is 58.7 Å². The first-order chi connectivity index (χ1) is 16.1. The third kappa shape index (κ3) is 13.0. The summed E-state index contributed by atoms with van der Waals surface area (Å²) in [7, 11) is 0. The Hall–Kier alpha value is -1.30. The van der Waals surface area contributed by atoms with Gasteiger partial charge >= 0.3 is 0 Å². The number of allylic oxidation sites excluding steroid dienone is 9. The minimum absolute atomic E-state index is 0.853. The second kappa shape index (κ2) is 14.3. The quantitative estimate of drug-likeness (QED) is 0.267. The molecule has 0 unspecified atom stereocenters. The first-order valence-corrected chi connectivity index (χ1v) is 14.4. The van der Waals surface area contributed by atoms with Gasteiger partial charge < -0.3 is 0 Å². The van der Waals surface area contributed by atoms with E-state index in [2.05, 4.69) is 79.3 Å². The summed E-state index contributed by atoms with van der Waals surface area (Å²) in [6, 6.07) is 0. The molecule has 4 fully saturated rings. The van der Waals surface area contributed by atoms with Crippen LogP contribution >= 0.6 is 0 Å². The Morgan fingerprint density at radius 2 is 1.21 bits per heavy atom. The third-order valence-corrected chi connectivity index (χ3v) is 7.89. The lowest BCUT2D eigenvalue weighted by molar-refractivity contribution is 0.408. The summed E-state index contributed by atoms with van der Waals surface area (Å²) in [5, 5.41) is 0. The molecule has 4 aliphatic rings. The van der Waals surface area contributed by atoms with Crippen LogP contribution in [0.4, 0.5) is 0 Å². The molecule has 0 aromatic heterocycles. The summed E-state index contributed by atoms with van der Waals surface area (Å²) in [5.74, 6) is 2.98. The molecule has 0 N–H and O–H groups in total. The molecule has 0 aliphatic heterocycles. The van der Waals surface area contributed by atoms with Crippen LogP contribution in [0.25, 0.3) is 0 Å². The highest BCUT2D eigenvalue weighted by atomic mass is 14.6. The van der Waals surface area contributed by atoms with Gasteiger partial charge in [0.05, 0.1) is 0 Å². The van der Waals surface area contributed by atoms with E-state index < -0.39 is 0 Å². The molecule has 0 aromatic rings. The molecule has 4 rings (SSSR count). The van der Waals surface area contributed by atoms with Gasteiger partial charge in [-0.2, -0.15) is 0 Å². The summed E-state index contributed by atoms with van der Waals surface area (Å²) in [6.45, 7) is 19.4. The lowest BCUT2D eigenvalue weighted by Crippen LogP contribution is -2.01. The molecule has 0 spiro atoms. The zero-order valence-corrected chi connectivity index (χ0v) is 23.9. The maximum atomic E-state index is 4.08. The van der Waals surface area contributed by atoms with Crippen molar-refractivity contribution in [2.45, 2.75) is 132 Å². The van der Waals surface area contributed by atoms with Gasteiger partial charge in [0, 0.05) is 0 Å². The minimum atomic E-state index is 0.853. The third-order valence-electron chi connectivity index (χ3n) is 7.89. The number of hydrogen-bond donors (Lipinski definition) is 0. The van der Waals surface area contributed by atoms with E-state index in [1.807, 2.05) is 0 Å². The molecule has 0 radical (unpaired) electrons. The van der Waals surface area contributed by atoms with Crippen LogP contribution in [-0.2, 0) is 0 Å². The Morgan fingerprint density at radius 3 is 1.65 bits per heavy atom. The maximum absolute atomic E-state index is 4.08. The predicted octanol–water partition coefficient (Wildman–Crippen LogP) is 11.3. The van der Waals surface area contributed by atoms with Gasteiger partial charge in [-0.3, -0.25) is 0 Å². The molecule has 4 aliphatic carbocycles. The summed E-state index contributed by atoms with van der Waals surface area (Å²) in [4.78, 5) is 0. The summed E-state index contributed by atoms with van der Waals surface area (Å²) < 4.78 is 0. The van der Waals surface area contributed by atoms with Crippen molar-refractivity contribution in [2.75, 3.05) is 0 Å². The first kappa shape index (κ1) is 28.9. The molecule has 0 heteroatoms. The molecule has 0 bridgehead atoms. The highest BCUT2D eigenvalue weighted by Crippen LogP contribution is 2.63. The van der Waals surface area contributed by atoms with E-state index >= 15 is 0 Å². The topological polar surface area (TPSA) is 0 Å². The maximum Gasteiger partial charge on any atom is -0.0164 e. The fourth-order valence-electron chi connectivity index (χ4n) is 4.79. The SMILES string of the molecule is C=C(CCC=C(C)C)C1CC1.CC(C)=CC/C=C(\C)C1CC1.CC(C)=CCCC1(C2CC2)CC1. The molecule has 4 saturated carbocycles. The highest BCUT2D eigenvalue weighted by molar-refractivity contribution is 5.12. The minimum Gasteiger partial charge on any atom is -0.0996 e. The predicted molar refractivity (Wildman–Crippen MR) is 154 cm³/mol. The van der Waals surface area contributed by atoms with Crippen molar-refractivity contribution in [1.29, 1.82) is 0 Å². The van der Waals surface area contributed by atoms with Gasteiger partial charge in [0.25, 0.3) is 0 Å². The van der Waals surface area contributed by atoms with Crippen LogP contribution in [0.15, 0.2) is 58.7 Å². The summed E-state index contributed by atoms with van der Waals surface area (Å²) in [5.41, 5.74) is 8.26. The van der Waals surface area contributed by atoms with Crippen LogP contribution in [-0.4, -0.2) is 0 Å². The Balaban J connectivity index is 0.000000181. The van der Waals surface area contributed by atoms with Gasteiger partial charge in [-0.25, -0.2) is 0 Å². The van der Waals surface area contributed by atoms with E-state index in [1.165, 1.54) is 99.3 Å². The molecule has 0 nitrogen and oxygen atoms in total. The van der Waals surface area contributed by atoms with Crippen LogP contribution in [0.1, 0.15) is 132 Å². The zero-order chi connectivity index (χ0) is 25.1.